The maximum Gasteiger partial charge on any atom is 0.416 e. The Morgan fingerprint density at radius 3 is 2.29 bits per heavy atom. The number of rotatable bonds is 3. The van der Waals surface area contributed by atoms with E-state index in [-0.39, 0.29) is 6.42 Å². The largest absolute Gasteiger partial charge is 0.416 e. The van der Waals surface area contributed by atoms with Gasteiger partial charge in [0.15, 0.2) is 0 Å². The molecule has 0 saturated carbocycles. The van der Waals surface area contributed by atoms with Crippen LogP contribution in [0.2, 0.25) is 0 Å². The van der Waals surface area contributed by atoms with Crippen LogP contribution in [0.3, 0.4) is 0 Å². The van der Waals surface area contributed by atoms with Crippen LogP contribution < -0.4 is 0 Å². The summed E-state index contributed by atoms with van der Waals surface area (Å²) in [5.41, 5.74) is 0.186. The summed E-state index contributed by atoms with van der Waals surface area (Å²) in [6.07, 6.45) is -4.24. The van der Waals surface area contributed by atoms with Gasteiger partial charge in [-0.1, -0.05) is 42.5 Å². The van der Waals surface area contributed by atoms with Gasteiger partial charge in [-0.25, -0.2) is 0 Å². The van der Waals surface area contributed by atoms with Crippen molar-refractivity contribution in [2.45, 2.75) is 32.0 Å². The van der Waals surface area contributed by atoms with E-state index in [0.29, 0.717) is 5.56 Å². The van der Waals surface area contributed by atoms with Gasteiger partial charge in [0.1, 0.15) is 0 Å². The van der Waals surface area contributed by atoms with Gasteiger partial charge in [-0.15, -0.1) is 0 Å². The predicted octanol–water partition coefficient (Wildman–Crippen LogP) is 4.46. The zero-order valence-electron chi connectivity index (χ0n) is 11.9. The average molecular weight is 294 g/mol. The molecule has 0 aliphatic heterocycles. The lowest BCUT2D eigenvalue weighted by molar-refractivity contribution is -0.137. The molecular weight excluding hydrogens is 277 g/mol. The Hall–Kier alpha value is -1.81. The van der Waals surface area contributed by atoms with E-state index in [2.05, 4.69) is 0 Å². The van der Waals surface area contributed by atoms with E-state index < -0.39 is 17.3 Å². The maximum atomic E-state index is 12.7. The van der Waals surface area contributed by atoms with Gasteiger partial charge in [-0.3, -0.25) is 0 Å². The van der Waals surface area contributed by atoms with Gasteiger partial charge < -0.3 is 5.11 Å². The van der Waals surface area contributed by atoms with E-state index in [1.807, 2.05) is 25.1 Å². The summed E-state index contributed by atoms with van der Waals surface area (Å²) in [5.74, 6) is 0. The number of alkyl halides is 3. The second-order valence-electron chi connectivity index (χ2n) is 5.46. The molecule has 1 atom stereocenters. The molecule has 112 valence electrons. The minimum absolute atomic E-state index is 0.127. The van der Waals surface area contributed by atoms with Crippen molar-refractivity contribution in [3.8, 4) is 0 Å². The summed E-state index contributed by atoms with van der Waals surface area (Å²) < 4.78 is 38.2. The lowest BCUT2D eigenvalue weighted by Gasteiger charge is -2.26. The van der Waals surface area contributed by atoms with Crippen LogP contribution in [0.25, 0.3) is 0 Å². The molecule has 1 unspecified atom stereocenters. The highest BCUT2D eigenvalue weighted by Crippen LogP contribution is 2.32. The van der Waals surface area contributed by atoms with Gasteiger partial charge in [0.05, 0.1) is 11.2 Å². The van der Waals surface area contributed by atoms with Crippen molar-refractivity contribution in [3.63, 3.8) is 0 Å². The monoisotopic (exact) mass is 294 g/mol. The summed E-state index contributed by atoms with van der Waals surface area (Å²) in [5, 5.41) is 10.6. The molecule has 0 spiro atoms. The molecule has 2 aromatic carbocycles. The number of aliphatic hydroxyl groups is 1. The first-order chi connectivity index (χ1) is 9.70. The van der Waals surface area contributed by atoms with Crippen LogP contribution in [0.1, 0.15) is 29.2 Å². The topological polar surface area (TPSA) is 20.2 Å². The van der Waals surface area contributed by atoms with Crippen LogP contribution >= 0.6 is 0 Å². The number of benzene rings is 2. The molecule has 0 aromatic heterocycles. The number of halogens is 3. The highest BCUT2D eigenvalue weighted by atomic mass is 19.4. The zero-order valence-corrected chi connectivity index (χ0v) is 11.9. The lowest BCUT2D eigenvalue weighted by Crippen LogP contribution is -2.25. The Balaban J connectivity index is 2.31. The van der Waals surface area contributed by atoms with Gasteiger partial charge in [0, 0.05) is 6.42 Å². The van der Waals surface area contributed by atoms with E-state index in [1.54, 1.807) is 19.1 Å². The molecule has 0 amide bonds. The van der Waals surface area contributed by atoms with Gasteiger partial charge in [0.25, 0.3) is 0 Å². The number of aryl methyl sites for hydroxylation is 1. The van der Waals surface area contributed by atoms with Crippen molar-refractivity contribution in [1.82, 2.24) is 0 Å². The first-order valence-corrected chi connectivity index (χ1v) is 6.65. The Labute approximate surface area is 122 Å². The highest BCUT2D eigenvalue weighted by Gasteiger charge is 2.31. The molecule has 0 saturated heterocycles. The molecule has 0 radical (unpaired) electrons. The second-order valence-corrected chi connectivity index (χ2v) is 5.46. The van der Waals surface area contributed by atoms with Gasteiger partial charge >= 0.3 is 6.18 Å². The third-order valence-electron chi connectivity index (χ3n) is 3.53. The van der Waals surface area contributed by atoms with Crippen molar-refractivity contribution < 1.29 is 18.3 Å². The first kappa shape index (κ1) is 15.6. The highest BCUT2D eigenvalue weighted by molar-refractivity contribution is 5.34. The molecule has 0 fully saturated rings. The minimum Gasteiger partial charge on any atom is -0.385 e. The normalized spacial score (nSPS) is 14.8. The molecule has 2 aromatic rings. The van der Waals surface area contributed by atoms with E-state index >= 15 is 0 Å². The van der Waals surface area contributed by atoms with Crippen LogP contribution in [-0.4, -0.2) is 5.11 Å². The number of hydrogen-bond donors (Lipinski definition) is 1. The third-order valence-corrected chi connectivity index (χ3v) is 3.53. The summed E-state index contributed by atoms with van der Waals surface area (Å²) in [6.45, 7) is 3.49. The summed E-state index contributed by atoms with van der Waals surface area (Å²) in [7, 11) is 0. The van der Waals surface area contributed by atoms with Crippen molar-refractivity contribution in [1.29, 1.82) is 0 Å². The predicted molar refractivity (Wildman–Crippen MR) is 75.9 cm³/mol. The Morgan fingerprint density at radius 1 is 1.00 bits per heavy atom. The van der Waals surface area contributed by atoms with Crippen LogP contribution in [0.15, 0.2) is 48.5 Å². The second kappa shape index (κ2) is 5.53. The first-order valence-electron chi connectivity index (χ1n) is 6.65. The van der Waals surface area contributed by atoms with Crippen molar-refractivity contribution in [2.24, 2.45) is 0 Å². The van der Waals surface area contributed by atoms with Gasteiger partial charge in [-0.2, -0.15) is 13.2 Å². The molecule has 1 N–H and O–H groups in total. The molecule has 0 aliphatic rings. The van der Waals surface area contributed by atoms with E-state index in [4.69, 9.17) is 0 Å². The van der Waals surface area contributed by atoms with Gasteiger partial charge in [0.2, 0.25) is 0 Å². The quantitative estimate of drug-likeness (QED) is 0.886. The van der Waals surface area contributed by atoms with Gasteiger partial charge in [-0.05, 0) is 36.6 Å². The Kier molecular flexibility index (Phi) is 4.10. The fourth-order valence-electron chi connectivity index (χ4n) is 2.53. The van der Waals surface area contributed by atoms with Crippen molar-refractivity contribution >= 4 is 0 Å². The van der Waals surface area contributed by atoms with E-state index in [1.165, 1.54) is 6.07 Å². The molecule has 4 heteroatoms. The Bertz CT molecular complexity index is 630. The van der Waals surface area contributed by atoms with Crippen LogP contribution in [0, 0.1) is 6.92 Å². The molecule has 0 heterocycles. The summed E-state index contributed by atoms with van der Waals surface area (Å²) in [6, 6.07) is 12.4. The summed E-state index contributed by atoms with van der Waals surface area (Å²) >= 11 is 0. The van der Waals surface area contributed by atoms with Crippen LogP contribution in [-0.2, 0) is 18.2 Å². The lowest BCUT2D eigenvalue weighted by atomic mass is 9.86. The van der Waals surface area contributed by atoms with E-state index in [0.717, 1.165) is 23.3 Å². The fourth-order valence-corrected chi connectivity index (χ4v) is 2.53. The Morgan fingerprint density at radius 2 is 1.67 bits per heavy atom. The molecule has 0 bridgehead atoms. The average Bonchev–Trinajstić information content (AvgIpc) is 2.37. The fraction of sp³-hybridized carbons (Fsp3) is 0.294. The molecule has 21 heavy (non-hydrogen) atoms. The summed E-state index contributed by atoms with van der Waals surface area (Å²) in [4.78, 5) is 0. The van der Waals surface area contributed by atoms with E-state index in [9.17, 15) is 18.3 Å². The van der Waals surface area contributed by atoms with Crippen molar-refractivity contribution in [2.75, 3.05) is 0 Å². The third kappa shape index (κ3) is 3.64. The zero-order chi connectivity index (χ0) is 15.7. The minimum atomic E-state index is -4.37. The smallest absolute Gasteiger partial charge is 0.385 e. The van der Waals surface area contributed by atoms with Crippen LogP contribution in [0.4, 0.5) is 13.2 Å². The molecule has 2 rings (SSSR count). The molecular formula is C17H17F3O. The SMILES string of the molecule is Cc1ccccc1C(C)(O)Cc1cccc(C(F)(F)F)c1. The molecule has 1 nitrogen and oxygen atoms in total. The van der Waals surface area contributed by atoms with Crippen LogP contribution in [0.5, 0.6) is 0 Å². The standard InChI is InChI=1S/C17H17F3O/c1-12-6-3-4-9-15(12)16(2,21)11-13-7-5-8-14(10-13)17(18,19)20/h3-10,21H,11H2,1-2H3. The number of hydrogen-bond acceptors (Lipinski definition) is 1. The maximum absolute atomic E-state index is 12.7. The molecule has 0 aliphatic carbocycles. The van der Waals surface area contributed by atoms with Crippen molar-refractivity contribution in [3.05, 3.63) is 70.8 Å².